The minimum atomic E-state index is -1.64. The summed E-state index contributed by atoms with van der Waals surface area (Å²) in [6.45, 7) is -0.902. The Morgan fingerprint density at radius 1 is 0.737 bits per heavy atom. The largest absolute Gasteiger partial charge is 0.508 e. The maximum atomic E-state index is 13.1. The molecule has 0 bridgehead atoms. The van der Waals surface area contributed by atoms with Crippen LogP contribution < -0.4 is 27.4 Å². The Morgan fingerprint density at radius 2 is 1.26 bits per heavy atom. The summed E-state index contributed by atoms with van der Waals surface area (Å²) in [5, 5.41) is 34.8. The topological polar surface area (TPSA) is 234 Å². The average Bonchev–Trinajstić information content (AvgIpc) is 2.87. The molecule has 0 heterocycles. The molecule has 0 aliphatic heterocycles. The molecule has 0 spiro atoms. The third-order valence-electron chi connectivity index (χ3n) is 5.48. The first-order valence-electron chi connectivity index (χ1n) is 11.6. The smallest absolute Gasteiger partial charge is 0.328 e. The molecule has 13 heteroatoms. The summed E-state index contributed by atoms with van der Waals surface area (Å²) in [6.07, 6.45) is -0.598. The fourth-order valence-electron chi connectivity index (χ4n) is 3.46. The van der Waals surface area contributed by atoms with Crippen molar-refractivity contribution in [2.24, 2.45) is 11.5 Å². The molecule has 2 aromatic carbocycles. The first-order valence-corrected chi connectivity index (χ1v) is 11.6. The number of carboxylic acid groups (broad SMARTS) is 1. The Morgan fingerprint density at radius 3 is 1.82 bits per heavy atom. The fourth-order valence-corrected chi connectivity index (χ4v) is 3.46. The predicted molar refractivity (Wildman–Crippen MR) is 134 cm³/mol. The molecule has 0 saturated carbocycles. The van der Waals surface area contributed by atoms with E-state index in [1.807, 2.05) is 0 Å². The Labute approximate surface area is 218 Å². The van der Waals surface area contributed by atoms with Crippen molar-refractivity contribution >= 4 is 29.6 Å². The van der Waals surface area contributed by atoms with E-state index in [1.54, 1.807) is 30.3 Å². The molecule has 0 aromatic heterocycles. The van der Waals surface area contributed by atoms with Gasteiger partial charge in [0.05, 0.1) is 19.1 Å². The van der Waals surface area contributed by atoms with Crippen LogP contribution in [-0.4, -0.2) is 75.7 Å². The van der Waals surface area contributed by atoms with Gasteiger partial charge in [-0.15, -0.1) is 0 Å². The SMILES string of the molecule is NC(=O)CC(NC(=O)C(N)Cc1ccccc1)C(=O)NC(Cc1ccc(O)cc1)C(=O)NC(CO)C(=O)O. The quantitative estimate of drug-likeness (QED) is 0.134. The molecular weight excluding hydrogens is 498 g/mol. The Kier molecular flexibility index (Phi) is 11.2. The highest BCUT2D eigenvalue weighted by Gasteiger charge is 2.31. The zero-order valence-corrected chi connectivity index (χ0v) is 20.4. The molecule has 13 nitrogen and oxygen atoms in total. The van der Waals surface area contributed by atoms with Gasteiger partial charge in [-0.1, -0.05) is 42.5 Å². The lowest BCUT2D eigenvalue weighted by molar-refractivity contribution is -0.143. The van der Waals surface area contributed by atoms with Gasteiger partial charge in [-0.2, -0.15) is 0 Å². The van der Waals surface area contributed by atoms with Crippen LogP contribution >= 0.6 is 0 Å². The van der Waals surface area contributed by atoms with E-state index in [0.29, 0.717) is 5.56 Å². The van der Waals surface area contributed by atoms with Gasteiger partial charge in [0.15, 0.2) is 0 Å². The minimum Gasteiger partial charge on any atom is -0.508 e. The second kappa shape index (κ2) is 14.3. The van der Waals surface area contributed by atoms with Crippen molar-refractivity contribution in [3.05, 3.63) is 65.7 Å². The maximum Gasteiger partial charge on any atom is 0.328 e. The molecule has 4 unspecified atom stereocenters. The number of nitrogens with one attached hydrogen (secondary N) is 3. The van der Waals surface area contributed by atoms with E-state index in [2.05, 4.69) is 16.0 Å². The predicted octanol–water partition coefficient (Wildman–Crippen LogP) is -2.09. The van der Waals surface area contributed by atoms with Gasteiger partial charge < -0.3 is 42.7 Å². The van der Waals surface area contributed by atoms with Gasteiger partial charge >= 0.3 is 5.97 Å². The third-order valence-corrected chi connectivity index (χ3v) is 5.48. The summed E-state index contributed by atoms with van der Waals surface area (Å²) in [6, 6.07) is 8.98. The highest BCUT2D eigenvalue weighted by molar-refractivity contribution is 5.96. The third kappa shape index (κ3) is 9.52. The number of phenols is 1. The monoisotopic (exact) mass is 529 g/mol. The zero-order chi connectivity index (χ0) is 28.2. The first-order chi connectivity index (χ1) is 18.0. The van der Waals surface area contributed by atoms with E-state index in [4.69, 9.17) is 16.6 Å². The van der Waals surface area contributed by atoms with Crippen LogP contribution in [0.3, 0.4) is 0 Å². The average molecular weight is 530 g/mol. The number of hydrogen-bond acceptors (Lipinski definition) is 8. The van der Waals surface area contributed by atoms with E-state index in [1.165, 1.54) is 24.3 Å². The number of benzene rings is 2. The van der Waals surface area contributed by atoms with Gasteiger partial charge in [0, 0.05) is 6.42 Å². The number of carboxylic acids is 1. The number of phenolic OH excluding ortho intramolecular Hbond substituents is 1. The van der Waals surface area contributed by atoms with Gasteiger partial charge in [0.25, 0.3) is 0 Å². The molecule has 2 aromatic rings. The lowest BCUT2D eigenvalue weighted by Gasteiger charge is -2.24. The van der Waals surface area contributed by atoms with Crippen LogP contribution in [0.2, 0.25) is 0 Å². The number of carbonyl (C=O) groups excluding carboxylic acids is 4. The van der Waals surface area contributed by atoms with E-state index >= 15 is 0 Å². The van der Waals surface area contributed by atoms with Gasteiger partial charge in [-0.3, -0.25) is 19.2 Å². The second-order valence-electron chi connectivity index (χ2n) is 8.54. The van der Waals surface area contributed by atoms with Crippen LogP contribution in [0.15, 0.2) is 54.6 Å². The fraction of sp³-hybridized carbons (Fsp3) is 0.320. The van der Waals surface area contributed by atoms with Crippen LogP contribution in [0.1, 0.15) is 17.5 Å². The summed E-state index contributed by atoms with van der Waals surface area (Å²) >= 11 is 0. The van der Waals surface area contributed by atoms with Gasteiger partial charge in [-0.25, -0.2) is 4.79 Å². The number of amides is 4. The number of hydrogen-bond donors (Lipinski definition) is 8. The number of aromatic hydroxyl groups is 1. The van der Waals surface area contributed by atoms with Crippen LogP contribution in [0.4, 0.5) is 0 Å². The Bertz CT molecular complexity index is 1130. The lowest BCUT2D eigenvalue weighted by Crippen LogP contribution is -2.58. The first kappa shape index (κ1) is 29.7. The maximum absolute atomic E-state index is 13.1. The van der Waals surface area contributed by atoms with Crippen LogP contribution in [0, 0.1) is 0 Å². The molecule has 0 saturated heterocycles. The minimum absolute atomic E-state index is 0.0407. The molecule has 0 aliphatic rings. The number of aliphatic hydroxyl groups is 1. The standard InChI is InChI=1S/C25H31N5O8/c26-17(10-14-4-2-1-3-5-14)22(34)28-19(12-21(27)33)24(36)29-18(11-15-6-8-16(32)9-7-15)23(35)30-20(13-31)25(37)38/h1-9,17-20,31-32H,10-13,26H2,(H2,27,33)(H,28,34)(H,29,36)(H,30,35)(H,37,38). The highest BCUT2D eigenvalue weighted by atomic mass is 16.4. The molecule has 4 atom stereocenters. The van der Waals surface area contributed by atoms with Crippen molar-refractivity contribution in [1.82, 2.24) is 16.0 Å². The van der Waals surface area contributed by atoms with Gasteiger partial charge in [-0.05, 0) is 29.7 Å². The molecule has 0 aliphatic carbocycles. The number of aliphatic hydroxyl groups excluding tert-OH is 1. The Hall–Kier alpha value is -4.49. The summed E-state index contributed by atoms with van der Waals surface area (Å²) in [5.41, 5.74) is 12.5. The number of carbonyl (C=O) groups is 5. The van der Waals surface area contributed by atoms with Gasteiger partial charge in [0.1, 0.15) is 23.9 Å². The molecule has 0 radical (unpaired) electrons. The van der Waals surface area contributed by atoms with Crippen molar-refractivity contribution in [3.8, 4) is 5.75 Å². The molecule has 38 heavy (non-hydrogen) atoms. The van der Waals surface area contributed by atoms with Crippen molar-refractivity contribution in [2.45, 2.75) is 43.4 Å². The normalized spacial score (nSPS) is 13.8. The summed E-state index contributed by atoms with van der Waals surface area (Å²) in [4.78, 5) is 61.5. The second-order valence-corrected chi connectivity index (χ2v) is 8.54. The van der Waals surface area contributed by atoms with Crippen LogP contribution in [0.25, 0.3) is 0 Å². The van der Waals surface area contributed by atoms with Crippen molar-refractivity contribution in [3.63, 3.8) is 0 Å². The molecule has 10 N–H and O–H groups in total. The summed E-state index contributed by atoms with van der Waals surface area (Å²) < 4.78 is 0. The van der Waals surface area contributed by atoms with Crippen molar-refractivity contribution in [2.75, 3.05) is 6.61 Å². The number of rotatable bonds is 14. The number of primary amides is 1. The van der Waals surface area contributed by atoms with Crippen LogP contribution in [0.5, 0.6) is 5.75 Å². The van der Waals surface area contributed by atoms with Crippen molar-refractivity contribution in [1.29, 1.82) is 0 Å². The van der Waals surface area contributed by atoms with Crippen LogP contribution in [-0.2, 0) is 36.8 Å². The lowest BCUT2D eigenvalue weighted by atomic mass is 10.0. The summed E-state index contributed by atoms with van der Waals surface area (Å²) in [5.74, 6) is -5.08. The molecule has 0 fully saturated rings. The zero-order valence-electron chi connectivity index (χ0n) is 20.4. The molecule has 4 amide bonds. The molecule has 204 valence electrons. The number of aliphatic carboxylic acids is 1. The van der Waals surface area contributed by atoms with E-state index in [0.717, 1.165) is 5.56 Å². The number of nitrogens with two attached hydrogens (primary N) is 2. The Balaban J connectivity index is 2.20. The van der Waals surface area contributed by atoms with E-state index in [-0.39, 0.29) is 18.6 Å². The highest BCUT2D eigenvalue weighted by Crippen LogP contribution is 2.12. The van der Waals surface area contributed by atoms with Gasteiger partial charge in [0.2, 0.25) is 23.6 Å². The molecule has 2 rings (SSSR count). The van der Waals surface area contributed by atoms with Crippen molar-refractivity contribution < 1.29 is 39.3 Å². The summed E-state index contributed by atoms with van der Waals surface area (Å²) in [7, 11) is 0. The van der Waals surface area contributed by atoms with E-state index < -0.39 is 66.8 Å². The molecular formula is C25H31N5O8. The van der Waals surface area contributed by atoms with E-state index in [9.17, 15) is 34.2 Å².